The Morgan fingerprint density at radius 1 is 1.22 bits per heavy atom. The van der Waals surface area contributed by atoms with Crippen molar-refractivity contribution in [1.82, 2.24) is 0 Å². The molecule has 0 saturated heterocycles. The Bertz CT molecular complexity index is 341. The average Bonchev–Trinajstić information content (AvgIpc) is 3.14. The normalized spacial score (nSPS) is 29.3. The van der Waals surface area contributed by atoms with Gasteiger partial charge in [-0.25, -0.2) is 0 Å². The summed E-state index contributed by atoms with van der Waals surface area (Å²) in [4.78, 5) is 0. The number of rotatable bonds is 4. The molecule has 0 radical (unpaired) electrons. The van der Waals surface area contributed by atoms with Crippen LogP contribution in [0.1, 0.15) is 72.1 Å². The zero-order valence-electron chi connectivity index (χ0n) is 12.1. The van der Waals surface area contributed by atoms with Gasteiger partial charge in [-0.15, -0.1) is 0 Å². The average molecular weight is 249 g/mol. The third-order valence-electron chi connectivity index (χ3n) is 5.38. The molecule has 0 aromatic carbocycles. The lowest BCUT2D eigenvalue weighted by Gasteiger charge is -2.49. The number of nitriles is 1. The van der Waals surface area contributed by atoms with E-state index in [9.17, 15) is 10.4 Å². The zero-order chi connectivity index (χ0) is 13.4. The van der Waals surface area contributed by atoms with Gasteiger partial charge < -0.3 is 5.11 Å². The highest BCUT2D eigenvalue weighted by molar-refractivity contribution is 5.17. The van der Waals surface area contributed by atoms with Gasteiger partial charge in [0, 0.05) is 0 Å². The van der Waals surface area contributed by atoms with Gasteiger partial charge in [-0.2, -0.15) is 5.26 Å². The predicted octanol–water partition coefficient (Wildman–Crippen LogP) is 4.04. The van der Waals surface area contributed by atoms with Gasteiger partial charge in [0.2, 0.25) is 0 Å². The summed E-state index contributed by atoms with van der Waals surface area (Å²) in [5.74, 6) is 0.387. The summed E-state index contributed by atoms with van der Waals surface area (Å²) >= 11 is 0. The van der Waals surface area contributed by atoms with E-state index >= 15 is 0 Å². The third kappa shape index (κ3) is 2.18. The lowest BCUT2D eigenvalue weighted by atomic mass is 9.56. The highest BCUT2D eigenvalue weighted by atomic mass is 16.3. The van der Waals surface area contributed by atoms with Crippen molar-refractivity contribution in [3.63, 3.8) is 0 Å². The largest absolute Gasteiger partial charge is 0.388 e. The zero-order valence-corrected chi connectivity index (χ0v) is 12.1. The van der Waals surface area contributed by atoms with Crippen molar-refractivity contribution < 1.29 is 5.11 Å². The molecule has 0 aromatic rings. The van der Waals surface area contributed by atoms with Crippen LogP contribution < -0.4 is 0 Å². The smallest absolute Gasteiger partial charge is 0.0863 e. The van der Waals surface area contributed by atoms with Crippen LogP contribution in [0.2, 0.25) is 0 Å². The first-order chi connectivity index (χ1) is 8.39. The maximum atomic E-state index is 11.2. The SMILES string of the molecule is CCCC(O)(C1CC1)C1(C#N)CCC(C)(C)CC1. The van der Waals surface area contributed by atoms with Crippen LogP contribution in [0.5, 0.6) is 0 Å². The van der Waals surface area contributed by atoms with Crippen molar-refractivity contribution in [3.05, 3.63) is 0 Å². The molecule has 0 spiro atoms. The summed E-state index contributed by atoms with van der Waals surface area (Å²) in [6.45, 7) is 6.68. The Kier molecular flexibility index (Phi) is 3.49. The summed E-state index contributed by atoms with van der Waals surface area (Å²) in [6, 6.07) is 2.55. The number of hydrogen-bond acceptors (Lipinski definition) is 2. The van der Waals surface area contributed by atoms with Crippen molar-refractivity contribution in [3.8, 4) is 6.07 Å². The van der Waals surface area contributed by atoms with Crippen LogP contribution in [0.15, 0.2) is 0 Å². The van der Waals surface area contributed by atoms with Crippen molar-refractivity contribution in [2.24, 2.45) is 16.7 Å². The highest BCUT2D eigenvalue weighted by Crippen LogP contribution is 2.58. The van der Waals surface area contributed by atoms with E-state index in [-0.39, 0.29) is 0 Å². The Hall–Kier alpha value is -0.550. The molecular weight excluding hydrogens is 222 g/mol. The first kappa shape index (κ1) is 13.9. The van der Waals surface area contributed by atoms with Crippen LogP contribution in [0.25, 0.3) is 0 Å². The lowest BCUT2D eigenvalue weighted by molar-refractivity contribution is -0.107. The summed E-state index contributed by atoms with van der Waals surface area (Å²) in [5, 5.41) is 20.9. The van der Waals surface area contributed by atoms with Crippen LogP contribution >= 0.6 is 0 Å². The molecule has 1 N–H and O–H groups in total. The van der Waals surface area contributed by atoms with E-state index in [4.69, 9.17) is 0 Å². The van der Waals surface area contributed by atoms with Crippen molar-refractivity contribution in [2.75, 3.05) is 0 Å². The van der Waals surface area contributed by atoms with Gasteiger partial charge >= 0.3 is 0 Å². The maximum absolute atomic E-state index is 11.2. The van der Waals surface area contributed by atoms with Gasteiger partial charge in [-0.1, -0.05) is 27.2 Å². The molecule has 2 saturated carbocycles. The quantitative estimate of drug-likeness (QED) is 0.817. The molecule has 2 aliphatic carbocycles. The minimum atomic E-state index is -0.715. The van der Waals surface area contributed by atoms with Crippen LogP contribution in [-0.2, 0) is 0 Å². The van der Waals surface area contributed by atoms with E-state index in [0.29, 0.717) is 11.3 Å². The Balaban J connectivity index is 2.23. The molecule has 2 rings (SSSR count). The molecule has 0 bridgehead atoms. The Morgan fingerprint density at radius 2 is 1.78 bits per heavy atom. The van der Waals surface area contributed by atoms with E-state index in [1.54, 1.807) is 0 Å². The fourth-order valence-corrected chi connectivity index (χ4v) is 3.77. The molecule has 0 amide bonds. The van der Waals surface area contributed by atoms with Gasteiger partial charge in [0.1, 0.15) is 0 Å². The number of hydrogen-bond donors (Lipinski definition) is 1. The molecule has 2 heteroatoms. The van der Waals surface area contributed by atoms with Crippen LogP contribution in [-0.4, -0.2) is 10.7 Å². The monoisotopic (exact) mass is 249 g/mol. The fraction of sp³-hybridized carbons (Fsp3) is 0.938. The fourth-order valence-electron chi connectivity index (χ4n) is 3.77. The third-order valence-corrected chi connectivity index (χ3v) is 5.38. The molecule has 102 valence electrons. The molecule has 1 atom stereocenters. The van der Waals surface area contributed by atoms with Crippen LogP contribution in [0.4, 0.5) is 0 Å². The summed E-state index contributed by atoms with van der Waals surface area (Å²) < 4.78 is 0. The molecular formula is C16H27NO. The molecule has 0 aromatic heterocycles. The second-order valence-electron chi connectivity index (χ2n) is 7.31. The van der Waals surface area contributed by atoms with Gasteiger partial charge in [0.25, 0.3) is 0 Å². The number of nitrogens with zero attached hydrogens (tertiary/aromatic N) is 1. The Labute approximate surface area is 111 Å². The van der Waals surface area contributed by atoms with E-state index in [1.165, 1.54) is 0 Å². The van der Waals surface area contributed by atoms with Gasteiger partial charge in [0.15, 0.2) is 0 Å². The number of aliphatic hydroxyl groups is 1. The topological polar surface area (TPSA) is 44.0 Å². The molecule has 2 aliphatic rings. The predicted molar refractivity (Wildman–Crippen MR) is 72.9 cm³/mol. The molecule has 2 fully saturated rings. The first-order valence-corrected chi connectivity index (χ1v) is 7.53. The van der Waals surface area contributed by atoms with Gasteiger partial charge in [0.05, 0.1) is 17.1 Å². The Morgan fingerprint density at radius 3 is 2.17 bits per heavy atom. The minimum Gasteiger partial charge on any atom is -0.388 e. The first-order valence-electron chi connectivity index (χ1n) is 7.53. The molecule has 0 aliphatic heterocycles. The van der Waals surface area contributed by atoms with Crippen molar-refractivity contribution >= 4 is 0 Å². The van der Waals surface area contributed by atoms with Gasteiger partial charge in [-0.05, 0) is 56.3 Å². The molecule has 1 unspecified atom stereocenters. The minimum absolute atomic E-state index is 0.344. The standard InChI is InChI=1S/C16H27NO/c1-4-7-16(18,13-5-6-13)15(12-17)10-8-14(2,3)9-11-15/h13,18H,4-11H2,1-3H3. The second kappa shape index (κ2) is 4.53. The lowest BCUT2D eigenvalue weighted by Crippen LogP contribution is -2.52. The summed E-state index contributed by atoms with van der Waals surface area (Å²) in [7, 11) is 0. The van der Waals surface area contributed by atoms with E-state index < -0.39 is 11.0 Å². The second-order valence-corrected chi connectivity index (χ2v) is 7.31. The highest BCUT2D eigenvalue weighted by Gasteiger charge is 2.59. The summed E-state index contributed by atoms with van der Waals surface area (Å²) in [6.07, 6.45) is 7.89. The van der Waals surface area contributed by atoms with Gasteiger partial charge in [-0.3, -0.25) is 0 Å². The molecule has 2 nitrogen and oxygen atoms in total. The van der Waals surface area contributed by atoms with Crippen molar-refractivity contribution in [2.45, 2.75) is 77.7 Å². The van der Waals surface area contributed by atoms with E-state index in [2.05, 4.69) is 26.8 Å². The van der Waals surface area contributed by atoms with E-state index in [1.807, 2.05) is 0 Å². The maximum Gasteiger partial charge on any atom is 0.0863 e. The van der Waals surface area contributed by atoms with E-state index in [0.717, 1.165) is 51.4 Å². The summed E-state index contributed by atoms with van der Waals surface area (Å²) in [5.41, 5.74) is -0.844. The molecule has 18 heavy (non-hydrogen) atoms. The van der Waals surface area contributed by atoms with Crippen molar-refractivity contribution in [1.29, 1.82) is 5.26 Å². The molecule has 0 heterocycles. The van der Waals surface area contributed by atoms with Crippen LogP contribution in [0, 0.1) is 28.1 Å². The van der Waals surface area contributed by atoms with Crippen LogP contribution in [0.3, 0.4) is 0 Å².